The van der Waals surface area contributed by atoms with Gasteiger partial charge >= 0.3 is 5.97 Å². The quantitative estimate of drug-likeness (QED) is 0.924. The predicted octanol–water partition coefficient (Wildman–Crippen LogP) is 2.84. The van der Waals surface area contributed by atoms with E-state index in [2.05, 4.69) is 29.2 Å². The number of carboxylic acid groups (broad SMARTS) is 1. The third kappa shape index (κ3) is 4.51. The molecule has 3 nitrogen and oxygen atoms in total. The van der Waals surface area contributed by atoms with Gasteiger partial charge in [-0.1, -0.05) is 30.3 Å². The Morgan fingerprint density at radius 2 is 1.89 bits per heavy atom. The zero-order valence-electron chi connectivity index (χ0n) is 11.3. The number of nitrogens with zero attached hydrogens (tertiary/aromatic N) is 1. The zero-order chi connectivity index (χ0) is 13.0. The smallest absolute Gasteiger partial charge is 0.320 e. The van der Waals surface area contributed by atoms with E-state index in [0.717, 1.165) is 32.4 Å². The van der Waals surface area contributed by atoms with Crippen LogP contribution in [-0.4, -0.2) is 35.1 Å². The van der Waals surface area contributed by atoms with E-state index in [1.165, 1.54) is 5.56 Å². The molecule has 0 radical (unpaired) electrons. The van der Waals surface area contributed by atoms with Gasteiger partial charge < -0.3 is 5.11 Å². The second kappa shape index (κ2) is 7.51. The van der Waals surface area contributed by atoms with Crippen molar-refractivity contribution >= 4 is 18.4 Å². The Kier molecular flexibility index (Phi) is 6.32. The molecule has 106 valence electrons. The fourth-order valence-corrected chi connectivity index (χ4v) is 2.65. The number of hydrogen-bond donors (Lipinski definition) is 1. The van der Waals surface area contributed by atoms with Gasteiger partial charge in [-0.25, -0.2) is 0 Å². The minimum Gasteiger partial charge on any atom is -0.480 e. The third-order valence-electron chi connectivity index (χ3n) is 3.92. The fraction of sp³-hybridized carbons (Fsp3) is 0.533. The molecule has 0 bridgehead atoms. The van der Waals surface area contributed by atoms with Crippen LogP contribution in [0.1, 0.15) is 25.3 Å². The van der Waals surface area contributed by atoms with Gasteiger partial charge in [0.05, 0.1) is 0 Å². The van der Waals surface area contributed by atoms with E-state index in [0.29, 0.717) is 5.92 Å². The molecule has 1 aromatic carbocycles. The monoisotopic (exact) mass is 283 g/mol. The highest BCUT2D eigenvalue weighted by Gasteiger charge is 2.26. The molecule has 4 heteroatoms. The molecular weight excluding hydrogens is 262 g/mol. The molecular formula is C15H22ClNO2. The van der Waals surface area contributed by atoms with E-state index in [1.54, 1.807) is 6.92 Å². The maximum absolute atomic E-state index is 10.9. The van der Waals surface area contributed by atoms with Gasteiger partial charge in [0.1, 0.15) is 6.04 Å². The number of benzene rings is 1. The first-order valence-electron chi connectivity index (χ1n) is 6.67. The van der Waals surface area contributed by atoms with Crippen molar-refractivity contribution in [2.75, 3.05) is 13.1 Å². The van der Waals surface area contributed by atoms with Crippen molar-refractivity contribution in [2.24, 2.45) is 5.92 Å². The highest BCUT2D eigenvalue weighted by Crippen LogP contribution is 2.22. The van der Waals surface area contributed by atoms with Gasteiger partial charge in [-0.2, -0.15) is 0 Å². The minimum absolute atomic E-state index is 0. The Morgan fingerprint density at radius 3 is 2.42 bits per heavy atom. The van der Waals surface area contributed by atoms with Gasteiger partial charge in [0.15, 0.2) is 0 Å². The molecule has 1 unspecified atom stereocenters. The van der Waals surface area contributed by atoms with E-state index >= 15 is 0 Å². The van der Waals surface area contributed by atoms with Crippen LogP contribution in [0.4, 0.5) is 0 Å². The van der Waals surface area contributed by atoms with Crippen molar-refractivity contribution in [2.45, 2.75) is 32.2 Å². The summed E-state index contributed by atoms with van der Waals surface area (Å²) in [6, 6.07) is 10.2. The average Bonchev–Trinajstić information content (AvgIpc) is 2.40. The summed E-state index contributed by atoms with van der Waals surface area (Å²) in [5.41, 5.74) is 1.39. The summed E-state index contributed by atoms with van der Waals surface area (Å²) in [5, 5.41) is 8.99. The molecule has 1 aliphatic heterocycles. The Balaban J connectivity index is 0.00000180. The number of rotatable bonds is 4. The highest BCUT2D eigenvalue weighted by molar-refractivity contribution is 5.85. The van der Waals surface area contributed by atoms with Crippen LogP contribution in [0.15, 0.2) is 30.3 Å². The number of carboxylic acids is 1. The molecule has 1 atom stereocenters. The van der Waals surface area contributed by atoms with Gasteiger partial charge in [-0.05, 0) is 50.8 Å². The average molecular weight is 284 g/mol. The van der Waals surface area contributed by atoms with E-state index < -0.39 is 5.97 Å². The topological polar surface area (TPSA) is 40.5 Å². The van der Waals surface area contributed by atoms with Crippen molar-refractivity contribution in [1.29, 1.82) is 0 Å². The summed E-state index contributed by atoms with van der Waals surface area (Å²) in [5.74, 6) is -0.0128. The van der Waals surface area contributed by atoms with Crippen LogP contribution in [-0.2, 0) is 11.2 Å². The minimum atomic E-state index is -0.712. The van der Waals surface area contributed by atoms with Gasteiger partial charge in [-0.15, -0.1) is 12.4 Å². The first kappa shape index (κ1) is 16.0. The summed E-state index contributed by atoms with van der Waals surface area (Å²) in [6.45, 7) is 3.59. The van der Waals surface area contributed by atoms with Crippen molar-refractivity contribution in [3.8, 4) is 0 Å². The number of carbonyl (C=O) groups is 1. The van der Waals surface area contributed by atoms with E-state index in [4.69, 9.17) is 5.11 Å². The Morgan fingerprint density at radius 1 is 1.32 bits per heavy atom. The third-order valence-corrected chi connectivity index (χ3v) is 3.92. The summed E-state index contributed by atoms with van der Waals surface area (Å²) in [4.78, 5) is 13.0. The summed E-state index contributed by atoms with van der Waals surface area (Å²) < 4.78 is 0. The van der Waals surface area contributed by atoms with E-state index in [9.17, 15) is 4.79 Å². The molecule has 1 fully saturated rings. The number of aliphatic carboxylic acids is 1. The lowest BCUT2D eigenvalue weighted by Crippen LogP contribution is -2.44. The van der Waals surface area contributed by atoms with Crippen LogP contribution in [0, 0.1) is 5.92 Å². The molecule has 0 aliphatic carbocycles. The van der Waals surface area contributed by atoms with Crippen LogP contribution in [0.25, 0.3) is 0 Å². The van der Waals surface area contributed by atoms with Crippen LogP contribution in [0.2, 0.25) is 0 Å². The highest BCUT2D eigenvalue weighted by atomic mass is 35.5. The molecule has 1 aromatic rings. The first-order chi connectivity index (χ1) is 8.66. The molecule has 1 heterocycles. The lowest BCUT2D eigenvalue weighted by Gasteiger charge is -2.34. The summed E-state index contributed by atoms with van der Waals surface area (Å²) in [6.07, 6.45) is 3.33. The number of hydrogen-bond acceptors (Lipinski definition) is 2. The van der Waals surface area contributed by atoms with Crippen LogP contribution < -0.4 is 0 Å². The second-order valence-electron chi connectivity index (χ2n) is 5.18. The molecule has 2 rings (SSSR count). The number of likely N-dealkylation sites (tertiary alicyclic amines) is 1. The number of halogens is 1. The van der Waals surface area contributed by atoms with Crippen molar-refractivity contribution in [1.82, 2.24) is 4.90 Å². The second-order valence-corrected chi connectivity index (χ2v) is 5.18. The molecule has 0 saturated carbocycles. The van der Waals surface area contributed by atoms with Crippen LogP contribution in [0.5, 0.6) is 0 Å². The normalized spacial score (nSPS) is 18.6. The maximum atomic E-state index is 10.9. The molecule has 0 aromatic heterocycles. The van der Waals surface area contributed by atoms with Crippen molar-refractivity contribution < 1.29 is 9.90 Å². The standard InChI is InChI=1S/C15H21NO2.ClH/c1-12(15(17)18)16-9-7-14(8-10-16)11-13-5-3-2-4-6-13;/h2-6,12,14H,7-11H2,1H3,(H,17,18);1H. The van der Waals surface area contributed by atoms with Crippen molar-refractivity contribution in [3.05, 3.63) is 35.9 Å². The molecule has 1 aliphatic rings. The van der Waals surface area contributed by atoms with Gasteiger partial charge in [-0.3, -0.25) is 9.69 Å². The Bertz CT molecular complexity index is 388. The molecule has 19 heavy (non-hydrogen) atoms. The summed E-state index contributed by atoms with van der Waals surface area (Å²) >= 11 is 0. The van der Waals surface area contributed by atoms with Crippen molar-refractivity contribution in [3.63, 3.8) is 0 Å². The Labute approximate surface area is 121 Å². The lowest BCUT2D eigenvalue weighted by molar-refractivity contribution is -0.143. The maximum Gasteiger partial charge on any atom is 0.320 e. The fourth-order valence-electron chi connectivity index (χ4n) is 2.65. The first-order valence-corrected chi connectivity index (χ1v) is 6.67. The molecule has 1 saturated heterocycles. The van der Waals surface area contributed by atoms with Crippen LogP contribution in [0.3, 0.4) is 0 Å². The van der Waals surface area contributed by atoms with Gasteiger partial charge in [0, 0.05) is 0 Å². The number of piperidine rings is 1. The zero-order valence-corrected chi connectivity index (χ0v) is 12.1. The van der Waals surface area contributed by atoms with E-state index in [-0.39, 0.29) is 18.4 Å². The largest absolute Gasteiger partial charge is 0.480 e. The van der Waals surface area contributed by atoms with Gasteiger partial charge in [0.2, 0.25) is 0 Å². The van der Waals surface area contributed by atoms with Crippen LogP contribution >= 0.6 is 12.4 Å². The molecule has 0 spiro atoms. The predicted molar refractivity (Wildman–Crippen MR) is 78.8 cm³/mol. The Hall–Kier alpha value is -1.06. The molecule has 0 amide bonds. The SMILES string of the molecule is CC(C(=O)O)N1CCC(Cc2ccccc2)CC1.Cl. The lowest BCUT2D eigenvalue weighted by atomic mass is 9.90. The molecule has 1 N–H and O–H groups in total. The van der Waals surface area contributed by atoms with Gasteiger partial charge in [0.25, 0.3) is 0 Å². The summed E-state index contributed by atoms with van der Waals surface area (Å²) in [7, 11) is 0. The van der Waals surface area contributed by atoms with E-state index in [1.807, 2.05) is 6.07 Å².